The molecule has 0 saturated heterocycles. The van der Waals surface area contributed by atoms with Crippen molar-refractivity contribution in [2.75, 3.05) is 13.2 Å². The van der Waals surface area contributed by atoms with Crippen LogP contribution >= 0.6 is 0 Å². The van der Waals surface area contributed by atoms with Gasteiger partial charge in [0.15, 0.2) is 0 Å². The van der Waals surface area contributed by atoms with E-state index < -0.39 is 6.10 Å². The molecule has 0 amide bonds. The van der Waals surface area contributed by atoms with Crippen LogP contribution in [0.4, 0.5) is 0 Å². The third kappa shape index (κ3) is 4.22. The maximum Gasteiger partial charge on any atom is 0.125 e. The van der Waals surface area contributed by atoms with Gasteiger partial charge in [-0.05, 0) is 37.8 Å². The molecule has 0 radical (unpaired) electrons. The van der Waals surface area contributed by atoms with Gasteiger partial charge in [-0.2, -0.15) is 0 Å². The van der Waals surface area contributed by atoms with E-state index in [9.17, 15) is 5.11 Å². The van der Waals surface area contributed by atoms with Crippen molar-refractivity contribution in [2.24, 2.45) is 0 Å². The van der Waals surface area contributed by atoms with E-state index in [1.165, 1.54) is 25.7 Å². The minimum absolute atomic E-state index is 0.353. The Morgan fingerprint density at radius 1 is 1.26 bits per heavy atom. The van der Waals surface area contributed by atoms with Gasteiger partial charge in [0.25, 0.3) is 0 Å². The maximum atomic E-state index is 9.97. The number of hydrogen-bond donors (Lipinski definition) is 2. The third-order valence-electron chi connectivity index (χ3n) is 3.83. The predicted molar refractivity (Wildman–Crippen MR) is 77.7 cm³/mol. The van der Waals surface area contributed by atoms with E-state index in [-0.39, 0.29) is 0 Å². The molecule has 1 atom stereocenters. The van der Waals surface area contributed by atoms with Crippen molar-refractivity contribution < 1.29 is 9.84 Å². The van der Waals surface area contributed by atoms with Crippen molar-refractivity contribution in [1.29, 1.82) is 0 Å². The monoisotopic (exact) mass is 263 g/mol. The molecule has 0 heterocycles. The van der Waals surface area contributed by atoms with E-state index in [1.54, 1.807) is 0 Å². The lowest BCUT2D eigenvalue weighted by molar-refractivity contribution is 0.103. The van der Waals surface area contributed by atoms with Crippen LogP contribution in [0.3, 0.4) is 0 Å². The molecule has 1 aliphatic rings. The van der Waals surface area contributed by atoms with Gasteiger partial charge in [0, 0.05) is 12.6 Å². The zero-order valence-corrected chi connectivity index (χ0v) is 12.0. The van der Waals surface area contributed by atoms with Gasteiger partial charge in [0.05, 0.1) is 0 Å². The molecule has 1 fully saturated rings. The zero-order valence-electron chi connectivity index (χ0n) is 12.0. The topological polar surface area (TPSA) is 41.5 Å². The smallest absolute Gasteiger partial charge is 0.125 e. The van der Waals surface area contributed by atoms with E-state index in [4.69, 9.17) is 4.74 Å². The molecule has 1 aromatic carbocycles. The van der Waals surface area contributed by atoms with Gasteiger partial charge in [-0.3, -0.25) is 0 Å². The first-order valence-corrected chi connectivity index (χ1v) is 7.27. The highest BCUT2D eigenvalue weighted by Crippen LogP contribution is 2.22. The maximum absolute atomic E-state index is 9.97. The average molecular weight is 263 g/mol. The summed E-state index contributed by atoms with van der Waals surface area (Å²) in [6.07, 6.45) is 4.66. The number of hydrogen-bond acceptors (Lipinski definition) is 3. The highest BCUT2D eigenvalue weighted by atomic mass is 16.5. The summed E-state index contributed by atoms with van der Waals surface area (Å²) in [6, 6.07) is 6.68. The van der Waals surface area contributed by atoms with Gasteiger partial charge in [-0.15, -0.1) is 0 Å². The van der Waals surface area contributed by atoms with Crippen LogP contribution in [-0.4, -0.2) is 30.4 Å². The molecule has 3 nitrogen and oxygen atoms in total. The van der Waals surface area contributed by atoms with Gasteiger partial charge >= 0.3 is 0 Å². The molecule has 3 heteroatoms. The Morgan fingerprint density at radius 3 is 2.53 bits per heavy atom. The molecule has 106 valence electrons. The molecule has 0 aromatic heterocycles. The zero-order chi connectivity index (χ0) is 13.7. The summed E-state index contributed by atoms with van der Waals surface area (Å²) in [4.78, 5) is 0. The molecule has 1 saturated carbocycles. The summed E-state index contributed by atoms with van der Waals surface area (Å²) >= 11 is 0. The average Bonchev–Trinajstić information content (AvgIpc) is 2.89. The van der Waals surface area contributed by atoms with Crippen LogP contribution in [0.15, 0.2) is 18.2 Å². The lowest BCUT2D eigenvalue weighted by atomic mass is 10.1. The molecule has 2 rings (SSSR count). The van der Waals surface area contributed by atoms with Crippen LogP contribution in [0.1, 0.15) is 36.8 Å². The minimum Gasteiger partial charge on any atom is -0.490 e. The molecule has 0 bridgehead atoms. The first kappa shape index (κ1) is 14.4. The molecule has 0 spiro atoms. The van der Waals surface area contributed by atoms with Crippen molar-refractivity contribution in [1.82, 2.24) is 5.32 Å². The van der Waals surface area contributed by atoms with Crippen molar-refractivity contribution in [3.63, 3.8) is 0 Å². The predicted octanol–water partition coefficient (Wildman–Crippen LogP) is 2.58. The quantitative estimate of drug-likeness (QED) is 0.829. The number of rotatable bonds is 6. The molecular weight excluding hydrogens is 238 g/mol. The van der Waals surface area contributed by atoms with Crippen LogP contribution in [0.2, 0.25) is 0 Å². The van der Waals surface area contributed by atoms with Gasteiger partial charge in [0.1, 0.15) is 18.5 Å². The normalized spacial score (nSPS) is 17.6. The highest BCUT2D eigenvalue weighted by molar-refractivity contribution is 5.39. The summed E-state index contributed by atoms with van der Waals surface area (Å²) in [5, 5.41) is 13.4. The first-order chi connectivity index (χ1) is 9.16. The number of para-hydroxylation sites is 1. The molecule has 0 aliphatic heterocycles. The van der Waals surface area contributed by atoms with Crippen molar-refractivity contribution in [3.8, 4) is 5.75 Å². The van der Waals surface area contributed by atoms with E-state index in [1.807, 2.05) is 32.0 Å². The summed E-state index contributed by atoms with van der Waals surface area (Å²) in [7, 11) is 0. The Kier molecular flexibility index (Phi) is 5.23. The Labute approximate surface area is 116 Å². The Bertz CT molecular complexity index is 379. The fraction of sp³-hybridized carbons (Fsp3) is 0.625. The second kappa shape index (κ2) is 6.92. The molecule has 0 unspecified atom stereocenters. The molecule has 1 aromatic rings. The van der Waals surface area contributed by atoms with E-state index >= 15 is 0 Å². The van der Waals surface area contributed by atoms with Crippen LogP contribution in [0.5, 0.6) is 5.75 Å². The molecular formula is C16H25NO2. The fourth-order valence-corrected chi connectivity index (χ4v) is 2.70. The number of nitrogens with one attached hydrogen (secondary N) is 1. The number of aliphatic hydroxyl groups is 1. The van der Waals surface area contributed by atoms with E-state index in [2.05, 4.69) is 5.32 Å². The van der Waals surface area contributed by atoms with Crippen LogP contribution in [-0.2, 0) is 0 Å². The van der Waals surface area contributed by atoms with Crippen molar-refractivity contribution >= 4 is 0 Å². The van der Waals surface area contributed by atoms with Gasteiger partial charge < -0.3 is 15.2 Å². The first-order valence-electron chi connectivity index (χ1n) is 7.27. The van der Waals surface area contributed by atoms with Gasteiger partial charge in [-0.25, -0.2) is 0 Å². The number of benzene rings is 1. The Morgan fingerprint density at radius 2 is 1.89 bits per heavy atom. The van der Waals surface area contributed by atoms with Crippen LogP contribution < -0.4 is 10.1 Å². The standard InChI is InChI=1S/C16H25NO2/c1-12-6-5-7-13(2)16(12)19-11-15(18)10-17-14-8-3-4-9-14/h5-7,14-15,17-18H,3-4,8-11H2,1-2H3/t15-/m0/s1. The summed E-state index contributed by atoms with van der Waals surface area (Å²) < 4.78 is 5.75. The third-order valence-corrected chi connectivity index (χ3v) is 3.83. The lowest BCUT2D eigenvalue weighted by Gasteiger charge is -2.18. The second-order valence-electron chi connectivity index (χ2n) is 5.58. The van der Waals surface area contributed by atoms with E-state index in [0.29, 0.717) is 19.2 Å². The molecule has 2 N–H and O–H groups in total. The van der Waals surface area contributed by atoms with E-state index in [0.717, 1.165) is 16.9 Å². The number of aryl methyl sites for hydroxylation is 2. The fourth-order valence-electron chi connectivity index (χ4n) is 2.70. The highest BCUT2D eigenvalue weighted by Gasteiger charge is 2.16. The largest absolute Gasteiger partial charge is 0.490 e. The number of ether oxygens (including phenoxy) is 1. The van der Waals surface area contributed by atoms with Crippen molar-refractivity contribution in [2.45, 2.75) is 51.7 Å². The van der Waals surface area contributed by atoms with Crippen molar-refractivity contribution in [3.05, 3.63) is 29.3 Å². The Balaban J connectivity index is 1.75. The summed E-state index contributed by atoms with van der Waals surface area (Å²) in [6.45, 7) is 5.04. The summed E-state index contributed by atoms with van der Waals surface area (Å²) in [5.41, 5.74) is 2.24. The second-order valence-corrected chi connectivity index (χ2v) is 5.58. The molecule has 19 heavy (non-hydrogen) atoms. The SMILES string of the molecule is Cc1cccc(C)c1OC[C@@H](O)CNC1CCCC1. The minimum atomic E-state index is -0.445. The van der Waals surface area contributed by atoms with Crippen LogP contribution in [0.25, 0.3) is 0 Å². The lowest BCUT2D eigenvalue weighted by Crippen LogP contribution is -2.36. The Hall–Kier alpha value is -1.06. The summed E-state index contributed by atoms with van der Waals surface area (Å²) in [5.74, 6) is 0.905. The molecule has 1 aliphatic carbocycles. The van der Waals surface area contributed by atoms with Gasteiger partial charge in [-0.1, -0.05) is 31.0 Å². The number of aliphatic hydroxyl groups excluding tert-OH is 1. The van der Waals surface area contributed by atoms with Gasteiger partial charge in [0.2, 0.25) is 0 Å². The van der Waals surface area contributed by atoms with Crippen LogP contribution in [0, 0.1) is 13.8 Å².